The van der Waals surface area contributed by atoms with E-state index in [4.69, 9.17) is 0 Å². The monoisotopic (exact) mass is 539 g/mol. The second-order valence-corrected chi connectivity index (χ2v) is 7.09. The van der Waals surface area contributed by atoms with Gasteiger partial charge in [-0.3, -0.25) is 9.79 Å². The lowest BCUT2D eigenvalue weighted by molar-refractivity contribution is -0.140. The number of aromatic nitrogens is 1. The minimum Gasteiger partial charge on any atom is -0.356 e. The van der Waals surface area contributed by atoms with Crippen LogP contribution in [0.3, 0.4) is 0 Å². The predicted octanol–water partition coefficient (Wildman–Crippen LogP) is 3.08. The van der Waals surface area contributed by atoms with Gasteiger partial charge in [-0.2, -0.15) is 13.2 Å². The Hall–Kier alpha value is -1.89. The molecule has 1 aliphatic rings. The molecule has 158 valence electrons. The Labute approximate surface area is 187 Å². The minimum atomic E-state index is -4.42. The molecule has 2 N–H and O–H groups in total. The maximum Gasteiger partial charge on any atom is 0.434 e. The number of aliphatic imine (C=N–C) groups is 1. The number of benzene rings is 1. The number of fused-ring (bicyclic) bond motifs is 1. The largest absolute Gasteiger partial charge is 0.434 e. The molecule has 0 saturated carbocycles. The Morgan fingerprint density at radius 1 is 1.31 bits per heavy atom. The van der Waals surface area contributed by atoms with E-state index in [9.17, 15) is 18.0 Å². The predicted molar refractivity (Wildman–Crippen MR) is 118 cm³/mol. The molecule has 0 radical (unpaired) electrons. The van der Waals surface area contributed by atoms with Crippen LogP contribution in [0.1, 0.15) is 16.3 Å². The molecule has 0 aliphatic carbocycles. The Morgan fingerprint density at radius 2 is 2.07 bits per heavy atom. The van der Waals surface area contributed by atoms with E-state index in [0.29, 0.717) is 30.5 Å². The van der Waals surface area contributed by atoms with Crippen molar-refractivity contribution >= 4 is 52.9 Å². The number of guanidine groups is 1. The number of thiazole rings is 1. The second kappa shape index (κ2) is 10.2. The molecule has 1 aromatic carbocycles. The SMILES string of the molecule is CN=C(NCCc1nc(C(F)(F)F)cs1)NCC(=O)N1CCc2ccccc21.I. The van der Waals surface area contributed by atoms with Crippen molar-refractivity contribution in [2.75, 3.05) is 31.6 Å². The van der Waals surface area contributed by atoms with Crippen molar-refractivity contribution in [1.29, 1.82) is 0 Å². The number of anilines is 1. The van der Waals surface area contributed by atoms with Crippen LogP contribution in [0.25, 0.3) is 0 Å². The van der Waals surface area contributed by atoms with Crippen molar-refractivity contribution < 1.29 is 18.0 Å². The molecule has 0 atom stereocenters. The zero-order valence-corrected chi connectivity index (χ0v) is 18.8. The molecule has 1 aromatic heterocycles. The van der Waals surface area contributed by atoms with E-state index in [1.165, 1.54) is 0 Å². The molecule has 0 unspecified atom stereocenters. The van der Waals surface area contributed by atoms with Crippen molar-refractivity contribution in [2.24, 2.45) is 4.99 Å². The minimum absolute atomic E-state index is 0. The number of nitrogens with one attached hydrogen (secondary N) is 2. The van der Waals surface area contributed by atoms with Gasteiger partial charge in [-0.05, 0) is 18.1 Å². The number of alkyl halides is 3. The molecule has 0 saturated heterocycles. The molecule has 1 aliphatic heterocycles. The van der Waals surface area contributed by atoms with Crippen molar-refractivity contribution in [2.45, 2.75) is 19.0 Å². The average Bonchev–Trinajstić information content (AvgIpc) is 3.31. The van der Waals surface area contributed by atoms with Crippen LogP contribution in [0, 0.1) is 0 Å². The Kier molecular flexibility index (Phi) is 8.25. The van der Waals surface area contributed by atoms with Crippen molar-refractivity contribution in [3.63, 3.8) is 0 Å². The first-order valence-electron chi connectivity index (χ1n) is 8.73. The number of carbonyl (C=O) groups excluding carboxylic acids is 1. The Bertz CT molecular complexity index is 871. The maximum absolute atomic E-state index is 12.6. The Balaban J connectivity index is 0.00000300. The number of amides is 1. The van der Waals surface area contributed by atoms with Crippen LogP contribution in [-0.2, 0) is 23.8 Å². The van der Waals surface area contributed by atoms with Gasteiger partial charge >= 0.3 is 6.18 Å². The summed E-state index contributed by atoms with van der Waals surface area (Å²) in [4.78, 5) is 21.8. The molecule has 2 heterocycles. The molecule has 0 fully saturated rings. The van der Waals surface area contributed by atoms with Crippen LogP contribution >= 0.6 is 35.3 Å². The van der Waals surface area contributed by atoms with Gasteiger partial charge in [-0.15, -0.1) is 35.3 Å². The summed E-state index contributed by atoms with van der Waals surface area (Å²) < 4.78 is 37.7. The normalized spacial score (nSPS) is 13.7. The summed E-state index contributed by atoms with van der Waals surface area (Å²) in [6.07, 6.45) is -3.26. The van der Waals surface area contributed by atoms with Crippen molar-refractivity contribution in [3.05, 3.63) is 45.9 Å². The van der Waals surface area contributed by atoms with Gasteiger partial charge < -0.3 is 15.5 Å². The smallest absolute Gasteiger partial charge is 0.356 e. The van der Waals surface area contributed by atoms with Gasteiger partial charge in [0.25, 0.3) is 0 Å². The van der Waals surface area contributed by atoms with Crippen LogP contribution < -0.4 is 15.5 Å². The van der Waals surface area contributed by atoms with Crippen LogP contribution in [0.15, 0.2) is 34.6 Å². The van der Waals surface area contributed by atoms with E-state index >= 15 is 0 Å². The number of hydrogen-bond acceptors (Lipinski definition) is 4. The number of nitrogens with zero attached hydrogens (tertiary/aromatic N) is 3. The molecule has 3 rings (SSSR count). The summed E-state index contributed by atoms with van der Waals surface area (Å²) >= 11 is 0.972. The molecular weight excluding hydrogens is 518 g/mol. The van der Waals surface area contributed by atoms with Gasteiger partial charge in [-0.1, -0.05) is 18.2 Å². The number of rotatable bonds is 5. The third-order valence-electron chi connectivity index (χ3n) is 4.29. The van der Waals surface area contributed by atoms with Gasteiger partial charge in [0.1, 0.15) is 0 Å². The summed E-state index contributed by atoms with van der Waals surface area (Å²) in [5, 5.41) is 7.33. The summed E-state index contributed by atoms with van der Waals surface area (Å²) in [7, 11) is 1.57. The van der Waals surface area contributed by atoms with E-state index in [0.717, 1.165) is 34.4 Å². The van der Waals surface area contributed by atoms with E-state index in [2.05, 4.69) is 20.6 Å². The lowest BCUT2D eigenvalue weighted by Crippen LogP contribution is -2.44. The number of halogens is 4. The molecule has 0 spiro atoms. The molecule has 2 aromatic rings. The lowest BCUT2D eigenvalue weighted by atomic mass is 10.2. The highest BCUT2D eigenvalue weighted by molar-refractivity contribution is 14.0. The number of hydrogen-bond donors (Lipinski definition) is 2. The second-order valence-electron chi connectivity index (χ2n) is 6.15. The topological polar surface area (TPSA) is 69.6 Å². The van der Waals surface area contributed by atoms with Crippen LogP contribution in [0.2, 0.25) is 0 Å². The third kappa shape index (κ3) is 6.04. The summed E-state index contributed by atoms with van der Waals surface area (Å²) in [5.74, 6) is 0.344. The molecule has 11 heteroatoms. The quantitative estimate of drug-likeness (QED) is 0.348. The average molecular weight is 539 g/mol. The highest BCUT2D eigenvalue weighted by Gasteiger charge is 2.33. The first kappa shape index (κ1) is 23.4. The fraction of sp³-hybridized carbons (Fsp3) is 0.389. The van der Waals surface area contributed by atoms with E-state index in [1.807, 2.05) is 24.3 Å². The van der Waals surface area contributed by atoms with Gasteiger partial charge in [0, 0.05) is 37.6 Å². The fourth-order valence-electron chi connectivity index (χ4n) is 2.92. The third-order valence-corrected chi connectivity index (χ3v) is 5.20. The van der Waals surface area contributed by atoms with Gasteiger partial charge in [0.05, 0.1) is 11.6 Å². The zero-order valence-electron chi connectivity index (χ0n) is 15.6. The summed E-state index contributed by atoms with van der Waals surface area (Å²) in [5.41, 5.74) is 1.22. The number of carbonyl (C=O) groups is 1. The molecular formula is C18H21F3IN5OS. The number of para-hydroxylation sites is 1. The van der Waals surface area contributed by atoms with Gasteiger partial charge in [-0.25, -0.2) is 4.98 Å². The lowest BCUT2D eigenvalue weighted by Gasteiger charge is -2.18. The van der Waals surface area contributed by atoms with E-state index in [-0.39, 0.29) is 36.4 Å². The summed E-state index contributed by atoms with van der Waals surface area (Å²) in [6.45, 7) is 1.08. The first-order chi connectivity index (χ1) is 13.4. The molecule has 0 bridgehead atoms. The highest BCUT2D eigenvalue weighted by atomic mass is 127. The fourth-order valence-corrected chi connectivity index (χ4v) is 3.72. The van der Waals surface area contributed by atoms with Crippen molar-refractivity contribution in [3.8, 4) is 0 Å². The molecule has 1 amide bonds. The molecule has 29 heavy (non-hydrogen) atoms. The van der Waals surface area contributed by atoms with Crippen LogP contribution in [0.5, 0.6) is 0 Å². The Morgan fingerprint density at radius 3 is 2.76 bits per heavy atom. The highest BCUT2D eigenvalue weighted by Crippen LogP contribution is 2.30. The zero-order chi connectivity index (χ0) is 20.1. The summed E-state index contributed by atoms with van der Waals surface area (Å²) in [6, 6.07) is 7.80. The van der Waals surface area contributed by atoms with Gasteiger partial charge in [0.2, 0.25) is 5.91 Å². The van der Waals surface area contributed by atoms with Crippen LogP contribution in [-0.4, -0.2) is 43.5 Å². The van der Waals surface area contributed by atoms with Crippen molar-refractivity contribution in [1.82, 2.24) is 15.6 Å². The van der Waals surface area contributed by atoms with Gasteiger partial charge in [0.15, 0.2) is 11.7 Å². The molecule has 6 nitrogen and oxygen atoms in total. The van der Waals surface area contributed by atoms with E-state index in [1.54, 1.807) is 11.9 Å². The standard InChI is InChI=1S/C18H20F3N5OS.HI/c1-22-17(23-8-6-15-25-14(11-28-15)18(19,20)21)24-10-16(27)26-9-7-12-4-2-3-5-13(12)26;/h2-5,11H,6-10H2,1H3,(H2,22,23,24);1H. The van der Waals surface area contributed by atoms with E-state index < -0.39 is 11.9 Å². The van der Waals surface area contributed by atoms with Crippen LogP contribution in [0.4, 0.5) is 18.9 Å². The first-order valence-corrected chi connectivity index (χ1v) is 9.61. The maximum atomic E-state index is 12.6.